The lowest BCUT2D eigenvalue weighted by Crippen LogP contribution is -2.15. The van der Waals surface area contributed by atoms with Gasteiger partial charge in [0.25, 0.3) is 0 Å². The number of halogens is 1. The molecule has 2 rings (SSSR count). The van der Waals surface area contributed by atoms with E-state index in [9.17, 15) is 4.79 Å². The molecule has 0 atom stereocenters. The zero-order valence-electron chi connectivity index (χ0n) is 13.6. The van der Waals surface area contributed by atoms with Crippen LogP contribution in [0.15, 0.2) is 36.0 Å². The number of rotatable bonds is 8. The Balaban J connectivity index is 1.99. The Bertz CT molecular complexity index is 733. The summed E-state index contributed by atoms with van der Waals surface area (Å²) in [4.78, 5) is 12.2. The van der Waals surface area contributed by atoms with Crippen LogP contribution < -0.4 is 5.32 Å². The molecule has 0 unspecified atom stereocenters. The molecule has 24 heavy (non-hydrogen) atoms. The molecule has 128 valence electrons. The van der Waals surface area contributed by atoms with Gasteiger partial charge in [0, 0.05) is 24.4 Å². The summed E-state index contributed by atoms with van der Waals surface area (Å²) in [6, 6.07) is 5.34. The van der Waals surface area contributed by atoms with Crippen molar-refractivity contribution >= 4 is 35.0 Å². The summed E-state index contributed by atoms with van der Waals surface area (Å²) in [5.74, 6) is 0.811. The number of thioether (sulfide) groups is 1. The lowest BCUT2D eigenvalue weighted by atomic mass is 10.2. The number of nitrogens with zero attached hydrogens (tertiary/aromatic N) is 3. The van der Waals surface area contributed by atoms with Crippen molar-refractivity contribution < 1.29 is 9.53 Å². The molecule has 0 aliphatic heterocycles. The predicted molar refractivity (Wildman–Crippen MR) is 96.5 cm³/mol. The Morgan fingerprint density at radius 1 is 1.50 bits per heavy atom. The largest absolute Gasteiger partial charge is 0.377 e. The van der Waals surface area contributed by atoms with Gasteiger partial charge in [0.2, 0.25) is 5.91 Å². The third-order valence-electron chi connectivity index (χ3n) is 3.17. The van der Waals surface area contributed by atoms with Gasteiger partial charge in [-0.3, -0.25) is 4.79 Å². The molecule has 1 aromatic heterocycles. The van der Waals surface area contributed by atoms with Gasteiger partial charge in [-0.2, -0.15) is 0 Å². The normalized spacial score (nSPS) is 10.6. The highest BCUT2D eigenvalue weighted by Crippen LogP contribution is 2.21. The van der Waals surface area contributed by atoms with E-state index in [-0.39, 0.29) is 11.7 Å². The Morgan fingerprint density at radius 3 is 2.96 bits per heavy atom. The molecule has 6 nitrogen and oxygen atoms in total. The summed E-state index contributed by atoms with van der Waals surface area (Å²) < 4.78 is 6.98. The Morgan fingerprint density at radius 2 is 2.29 bits per heavy atom. The van der Waals surface area contributed by atoms with Crippen LogP contribution in [-0.4, -0.2) is 33.5 Å². The number of allylic oxidation sites excluding steroid dienone is 1. The first-order valence-corrected chi connectivity index (χ1v) is 8.62. The number of benzene rings is 1. The summed E-state index contributed by atoms with van der Waals surface area (Å²) in [7, 11) is 1.60. The highest BCUT2D eigenvalue weighted by atomic mass is 35.5. The summed E-state index contributed by atoms with van der Waals surface area (Å²) >= 11 is 7.23. The fraction of sp³-hybridized carbons (Fsp3) is 0.312. The second-order valence-corrected chi connectivity index (χ2v) is 6.41. The Hall–Kier alpha value is -1.83. The smallest absolute Gasteiger partial charge is 0.234 e. The van der Waals surface area contributed by atoms with Crippen molar-refractivity contribution in [1.82, 2.24) is 14.8 Å². The molecule has 1 aromatic carbocycles. The minimum Gasteiger partial charge on any atom is -0.377 e. The first kappa shape index (κ1) is 18.5. The maximum atomic E-state index is 12.2. The molecule has 2 aromatic rings. The molecule has 0 bridgehead atoms. The highest BCUT2D eigenvalue weighted by molar-refractivity contribution is 7.99. The van der Waals surface area contributed by atoms with Gasteiger partial charge < -0.3 is 14.6 Å². The monoisotopic (exact) mass is 366 g/mol. The first-order chi connectivity index (χ1) is 11.5. The number of aromatic nitrogens is 3. The predicted octanol–water partition coefficient (Wildman–Crippen LogP) is 3.30. The number of nitrogens with one attached hydrogen (secondary N) is 1. The van der Waals surface area contributed by atoms with Crippen LogP contribution in [0.25, 0.3) is 0 Å². The van der Waals surface area contributed by atoms with E-state index >= 15 is 0 Å². The third kappa shape index (κ3) is 4.83. The van der Waals surface area contributed by atoms with Gasteiger partial charge in [-0.1, -0.05) is 29.4 Å². The van der Waals surface area contributed by atoms with Gasteiger partial charge in [-0.05, 0) is 30.7 Å². The van der Waals surface area contributed by atoms with Crippen LogP contribution in [0.5, 0.6) is 0 Å². The first-order valence-electron chi connectivity index (χ1n) is 7.26. The van der Waals surface area contributed by atoms with Crippen LogP contribution in [0.1, 0.15) is 11.4 Å². The van der Waals surface area contributed by atoms with Crippen molar-refractivity contribution in [2.75, 3.05) is 18.2 Å². The molecule has 0 fully saturated rings. The van der Waals surface area contributed by atoms with E-state index in [1.54, 1.807) is 25.3 Å². The van der Waals surface area contributed by atoms with Crippen LogP contribution in [0.2, 0.25) is 5.02 Å². The third-order valence-corrected chi connectivity index (χ3v) is 4.38. The molecule has 8 heteroatoms. The fourth-order valence-electron chi connectivity index (χ4n) is 2.06. The zero-order valence-corrected chi connectivity index (χ0v) is 15.2. The van der Waals surface area contributed by atoms with Gasteiger partial charge >= 0.3 is 0 Å². The fourth-order valence-corrected chi connectivity index (χ4v) is 3.05. The van der Waals surface area contributed by atoms with Crippen LogP contribution in [0.3, 0.4) is 0 Å². The van der Waals surface area contributed by atoms with Crippen LogP contribution in [0.4, 0.5) is 5.69 Å². The number of hydrogen-bond acceptors (Lipinski definition) is 5. The van der Waals surface area contributed by atoms with Crippen molar-refractivity contribution in [3.63, 3.8) is 0 Å². The zero-order chi connectivity index (χ0) is 17.5. The summed E-state index contributed by atoms with van der Waals surface area (Å²) in [5, 5.41) is 12.4. The molecule has 0 spiro atoms. The van der Waals surface area contributed by atoms with Crippen LogP contribution >= 0.6 is 23.4 Å². The van der Waals surface area contributed by atoms with E-state index in [1.807, 2.05) is 17.6 Å². The van der Waals surface area contributed by atoms with Crippen molar-refractivity contribution in [3.8, 4) is 0 Å². The molecule has 0 saturated carbocycles. The van der Waals surface area contributed by atoms with Crippen molar-refractivity contribution in [1.29, 1.82) is 0 Å². The van der Waals surface area contributed by atoms with E-state index in [0.717, 1.165) is 11.3 Å². The van der Waals surface area contributed by atoms with Crippen LogP contribution in [-0.2, 0) is 22.7 Å². The number of carbonyl (C=O) groups is 1. The number of anilines is 1. The average molecular weight is 367 g/mol. The molecule has 1 heterocycles. The second-order valence-electron chi connectivity index (χ2n) is 5.03. The van der Waals surface area contributed by atoms with E-state index < -0.39 is 0 Å². The minimum atomic E-state index is -0.119. The van der Waals surface area contributed by atoms with Gasteiger partial charge in [0.05, 0.1) is 5.75 Å². The molecular weight excluding hydrogens is 348 g/mol. The maximum Gasteiger partial charge on any atom is 0.234 e. The van der Waals surface area contributed by atoms with Gasteiger partial charge in [-0.25, -0.2) is 0 Å². The van der Waals surface area contributed by atoms with Gasteiger partial charge in [0.1, 0.15) is 6.61 Å². The van der Waals surface area contributed by atoms with Gasteiger partial charge in [0.15, 0.2) is 11.0 Å². The molecule has 0 aliphatic carbocycles. The average Bonchev–Trinajstić information content (AvgIpc) is 2.91. The van der Waals surface area contributed by atoms with Gasteiger partial charge in [-0.15, -0.1) is 16.8 Å². The number of hydrogen-bond donors (Lipinski definition) is 1. The number of carbonyl (C=O) groups excluding carboxylic acids is 1. The molecule has 0 saturated heterocycles. The van der Waals surface area contributed by atoms with Crippen molar-refractivity contribution in [2.45, 2.75) is 25.2 Å². The Kier molecular flexibility index (Phi) is 6.84. The standard InChI is InChI=1S/C16H19ClN4O2S/c1-4-7-21-14(9-23-3)19-20-16(21)24-10-15(22)18-13-6-5-12(17)8-11(13)2/h4-6,8H,1,7,9-10H2,2-3H3,(H,18,22). The molecule has 0 radical (unpaired) electrons. The minimum absolute atomic E-state index is 0.119. The lowest BCUT2D eigenvalue weighted by molar-refractivity contribution is -0.113. The topological polar surface area (TPSA) is 69.0 Å². The van der Waals surface area contributed by atoms with E-state index in [4.69, 9.17) is 16.3 Å². The summed E-state index contributed by atoms with van der Waals surface area (Å²) in [5.41, 5.74) is 1.66. The maximum absolute atomic E-state index is 12.2. The summed E-state index contributed by atoms with van der Waals surface area (Å²) in [6.45, 7) is 6.54. The van der Waals surface area contributed by atoms with E-state index in [1.165, 1.54) is 11.8 Å². The van der Waals surface area contributed by atoms with Crippen molar-refractivity contribution in [2.24, 2.45) is 0 Å². The summed E-state index contributed by atoms with van der Waals surface area (Å²) in [6.07, 6.45) is 1.75. The quantitative estimate of drug-likeness (QED) is 0.573. The number of methoxy groups -OCH3 is 1. The Labute approximate surface area is 150 Å². The number of amides is 1. The number of aryl methyl sites for hydroxylation is 1. The van der Waals surface area contributed by atoms with Crippen molar-refractivity contribution in [3.05, 3.63) is 47.3 Å². The van der Waals surface area contributed by atoms with Crippen LogP contribution in [0, 0.1) is 6.92 Å². The highest BCUT2D eigenvalue weighted by Gasteiger charge is 2.13. The lowest BCUT2D eigenvalue weighted by Gasteiger charge is -2.09. The van der Waals surface area contributed by atoms with E-state index in [0.29, 0.717) is 29.2 Å². The molecule has 1 N–H and O–H groups in total. The number of ether oxygens (including phenoxy) is 1. The SMILES string of the molecule is C=CCn1c(COC)nnc1SCC(=O)Nc1ccc(Cl)cc1C. The second kappa shape index (κ2) is 8.86. The molecular formula is C16H19ClN4O2S. The molecule has 0 aliphatic rings. The molecule has 1 amide bonds. The van der Waals surface area contributed by atoms with E-state index in [2.05, 4.69) is 22.1 Å².